The van der Waals surface area contributed by atoms with Crippen LogP contribution in [0.5, 0.6) is 0 Å². The lowest BCUT2D eigenvalue weighted by Crippen LogP contribution is -2.27. The van der Waals surface area contributed by atoms with E-state index < -0.39 is 0 Å². The molecule has 4 rings (SSSR count). The summed E-state index contributed by atoms with van der Waals surface area (Å²) in [5, 5.41) is 2.65. The highest BCUT2D eigenvalue weighted by atomic mass is 16.5. The molecule has 0 aliphatic carbocycles. The summed E-state index contributed by atoms with van der Waals surface area (Å²) in [6, 6.07) is 15.5. The van der Waals surface area contributed by atoms with Gasteiger partial charge < -0.3 is 15.0 Å². The van der Waals surface area contributed by atoms with Gasteiger partial charge in [0.15, 0.2) is 0 Å². The smallest absolute Gasteiger partial charge is 0.0491 e. The van der Waals surface area contributed by atoms with Gasteiger partial charge in [0.25, 0.3) is 0 Å². The number of fused-ring (bicyclic) bond motifs is 3. The minimum Gasteiger partial charge on any atom is -0.381 e. The van der Waals surface area contributed by atoms with E-state index >= 15 is 0 Å². The third kappa shape index (κ3) is 2.44. The second-order valence-electron chi connectivity index (χ2n) is 6.51. The zero-order valence-corrected chi connectivity index (χ0v) is 13.7. The minimum atomic E-state index is 0.104. The van der Waals surface area contributed by atoms with Gasteiger partial charge in [-0.3, -0.25) is 0 Å². The molecule has 2 N–H and O–H groups in total. The molecule has 2 aromatic carbocycles. The number of nitrogens with two attached hydrogens (primary N) is 1. The van der Waals surface area contributed by atoms with Crippen LogP contribution < -0.4 is 5.73 Å². The molecule has 3 heteroatoms. The Bertz CT molecular complexity index is 830. The van der Waals surface area contributed by atoms with Crippen molar-refractivity contribution in [1.29, 1.82) is 0 Å². The van der Waals surface area contributed by atoms with Crippen LogP contribution in [0.2, 0.25) is 0 Å². The summed E-state index contributed by atoms with van der Waals surface area (Å²) >= 11 is 0. The van der Waals surface area contributed by atoms with E-state index in [1.54, 1.807) is 0 Å². The Hall–Kier alpha value is -1.84. The predicted octanol–water partition coefficient (Wildman–Crippen LogP) is 4.24. The van der Waals surface area contributed by atoms with Crippen molar-refractivity contribution < 1.29 is 4.74 Å². The molecule has 3 aromatic rings. The van der Waals surface area contributed by atoms with Crippen molar-refractivity contribution in [2.45, 2.75) is 32.4 Å². The van der Waals surface area contributed by atoms with Gasteiger partial charge in [-0.05, 0) is 49.4 Å². The molecule has 1 aliphatic heterocycles. The van der Waals surface area contributed by atoms with Crippen molar-refractivity contribution in [2.75, 3.05) is 13.2 Å². The highest BCUT2D eigenvalue weighted by Gasteiger charge is 2.23. The van der Waals surface area contributed by atoms with Gasteiger partial charge in [0.1, 0.15) is 0 Å². The van der Waals surface area contributed by atoms with Crippen LogP contribution in [0.1, 0.15) is 31.4 Å². The van der Waals surface area contributed by atoms with E-state index in [1.807, 2.05) is 0 Å². The Morgan fingerprint density at radius 3 is 2.61 bits per heavy atom. The van der Waals surface area contributed by atoms with Crippen LogP contribution >= 0.6 is 0 Å². The number of nitrogens with zero attached hydrogens (tertiary/aromatic N) is 1. The third-order valence-electron chi connectivity index (χ3n) is 5.27. The molecular formula is C20H24N2O. The predicted molar refractivity (Wildman–Crippen MR) is 95.6 cm³/mol. The number of hydrogen-bond acceptors (Lipinski definition) is 2. The molecule has 23 heavy (non-hydrogen) atoms. The number of hydrogen-bond donors (Lipinski definition) is 1. The van der Waals surface area contributed by atoms with Crippen LogP contribution in [-0.4, -0.2) is 17.8 Å². The molecule has 2 heterocycles. The molecule has 120 valence electrons. The van der Waals surface area contributed by atoms with Crippen molar-refractivity contribution in [3.8, 4) is 0 Å². The van der Waals surface area contributed by atoms with Gasteiger partial charge in [-0.15, -0.1) is 0 Å². The zero-order valence-electron chi connectivity index (χ0n) is 13.7. The maximum Gasteiger partial charge on any atom is 0.0491 e. The van der Waals surface area contributed by atoms with E-state index in [9.17, 15) is 0 Å². The maximum atomic E-state index is 6.58. The second kappa shape index (κ2) is 5.99. The number of aromatic nitrogens is 1. The fourth-order valence-corrected chi connectivity index (χ4v) is 3.97. The minimum absolute atomic E-state index is 0.104. The lowest BCUT2D eigenvalue weighted by Gasteiger charge is -2.28. The van der Waals surface area contributed by atoms with Gasteiger partial charge in [0.05, 0.1) is 0 Å². The summed E-state index contributed by atoms with van der Waals surface area (Å²) in [6.45, 7) is 4.87. The molecule has 1 fully saturated rings. The summed E-state index contributed by atoms with van der Waals surface area (Å²) in [5.74, 6) is 0.528. The van der Waals surface area contributed by atoms with E-state index in [2.05, 4.69) is 54.0 Å². The van der Waals surface area contributed by atoms with Gasteiger partial charge in [0.2, 0.25) is 0 Å². The van der Waals surface area contributed by atoms with Crippen molar-refractivity contribution in [1.82, 2.24) is 4.57 Å². The SMILES string of the molecule is CCn1c2ccccc2c2cc([C@@H](N)C3CCOCC3)ccc21. The van der Waals surface area contributed by atoms with Crippen LogP contribution in [0.25, 0.3) is 21.8 Å². The van der Waals surface area contributed by atoms with Crippen molar-refractivity contribution in [3.63, 3.8) is 0 Å². The van der Waals surface area contributed by atoms with E-state index in [1.165, 1.54) is 27.4 Å². The summed E-state index contributed by atoms with van der Waals surface area (Å²) < 4.78 is 7.86. The van der Waals surface area contributed by atoms with E-state index in [4.69, 9.17) is 10.5 Å². The van der Waals surface area contributed by atoms with Crippen LogP contribution in [0.4, 0.5) is 0 Å². The van der Waals surface area contributed by atoms with Gasteiger partial charge in [0, 0.05) is 47.6 Å². The standard InChI is InChI=1S/C20H24N2O/c1-2-22-18-6-4-3-5-16(18)17-13-15(7-8-19(17)22)20(21)14-9-11-23-12-10-14/h3-8,13-14,20H,2,9-12,21H2,1H3/t20-/m0/s1. The second-order valence-corrected chi connectivity index (χ2v) is 6.51. The lowest BCUT2D eigenvalue weighted by atomic mass is 9.87. The molecule has 0 spiro atoms. The highest BCUT2D eigenvalue weighted by molar-refractivity contribution is 6.08. The average Bonchev–Trinajstić information content (AvgIpc) is 2.95. The lowest BCUT2D eigenvalue weighted by molar-refractivity contribution is 0.0584. The largest absolute Gasteiger partial charge is 0.381 e. The Morgan fingerprint density at radius 1 is 1.09 bits per heavy atom. The molecule has 1 aromatic heterocycles. The quantitative estimate of drug-likeness (QED) is 0.786. The topological polar surface area (TPSA) is 40.2 Å². The van der Waals surface area contributed by atoms with E-state index in [0.29, 0.717) is 5.92 Å². The Balaban J connectivity index is 1.82. The summed E-state index contributed by atoms with van der Waals surface area (Å²) in [4.78, 5) is 0. The Morgan fingerprint density at radius 2 is 1.83 bits per heavy atom. The summed E-state index contributed by atoms with van der Waals surface area (Å²) in [5.41, 5.74) is 10.4. The molecule has 1 atom stereocenters. The van der Waals surface area contributed by atoms with Crippen LogP contribution in [0.3, 0.4) is 0 Å². The number of ether oxygens (including phenoxy) is 1. The first-order chi connectivity index (χ1) is 11.3. The Kier molecular flexibility index (Phi) is 3.83. The fourth-order valence-electron chi connectivity index (χ4n) is 3.97. The first kappa shape index (κ1) is 14.7. The Labute approximate surface area is 137 Å². The van der Waals surface area contributed by atoms with Crippen molar-refractivity contribution in [2.24, 2.45) is 11.7 Å². The third-order valence-corrected chi connectivity index (χ3v) is 5.27. The molecule has 0 unspecified atom stereocenters. The van der Waals surface area contributed by atoms with Gasteiger partial charge in [-0.25, -0.2) is 0 Å². The first-order valence-corrected chi connectivity index (χ1v) is 8.64. The fraction of sp³-hybridized carbons (Fsp3) is 0.400. The zero-order chi connectivity index (χ0) is 15.8. The molecule has 0 bridgehead atoms. The highest BCUT2D eigenvalue weighted by Crippen LogP contribution is 2.34. The van der Waals surface area contributed by atoms with Crippen LogP contribution in [0.15, 0.2) is 42.5 Å². The molecule has 1 saturated heterocycles. The van der Waals surface area contributed by atoms with Gasteiger partial charge in [-0.2, -0.15) is 0 Å². The molecule has 1 aliphatic rings. The number of aryl methyl sites for hydroxylation is 1. The monoisotopic (exact) mass is 308 g/mol. The maximum absolute atomic E-state index is 6.58. The summed E-state index contributed by atoms with van der Waals surface area (Å²) in [7, 11) is 0. The molecule has 3 nitrogen and oxygen atoms in total. The number of rotatable bonds is 3. The van der Waals surface area contributed by atoms with Crippen molar-refractivity contribution >= 4 is 21.8 Å². The van der Waals surface area contributed by atoms with Crippen molar-refractivity contribution in [3.05, 3.63) is 48.0 Å². The number of para-hydroxylation sites is 1. The van der Waals surface area contributed by atoms with E-state index in [0.717, 1.165) is 32.6 Å². The average molecular weight is 308 g/mol. The molecule has 0 radical (unpaired) electrons. The summed E-state index contributed by atoms with van der Waals surface area (Å²) in [6.07, 6.45) is 2.13. The molecule has 0 saturated carbocycles. The number of benzene rings is 2. The van der Waals surface area contributed by atoms with Crippen LogP contribution in [0, 0.1) is 5.92 Å². The van der Waals surface area contributed by atoms with Crippen LogP contribution in [-0.2, 0) is 11.3 Å². The van der Waals surface area contributed by atoms with Gasteiger partial charge in [-0.1, -0.05) is 24.3 Å². The molecular weight excluding hydrogens is 284 g/mol. The first-order valence-electron chi connectivity index (χ1n) is 8.64. The van der Waals surface area contributed by atoms with E-state index in [-0.39, 0.29) is 6.04 Å². The molecule has 0 amide bonds. The normalized spacial score (nSPS) is 17.8. The van der Waals surface area contributed by atoms with Gasteiger partial charge >= 0.3 is 0 Å².